The van der Waals surface area contributed by atoms with Crippen LogP contribution in [0.5, 0.6) is 0 Å². The second kappa shape index (κ2) is 5.09. The molecule has 0 amide bonds. The number of aryl methyl sites for hydroxylation is 1. The van der Waals surface area contributed by atoms with Crippen LogP contribution in [0.15, 0.2) is 41.0 Å². The van der Waals surface area contributed by atoms with Gasteiger partial charge >= 0.3 is 6.18 Å². The van der Waals surface area contributed by atoms with Gasteiger partial charge in [-0.15, -0.1) is 0 Å². The third kappa shape index (κ3) is 3.17. The Morgan fingerprint density at radius 2 is 2.00 bits per heavy atom. The highest BCUT2D eigenvalue weighted by molar-refractivity contribution is 5.28. The summed E-state index contributed by atoms with van der Waals surface area (Å²) in [5.74, 6) is 0.569. The number of hydrogen-bond donors (Lipinski definition) is 1. The molecule has 1 N–H and O–H groups in total. The van der Waals surface area contributed by atoms with Crippen molar-refractivity contribution >= 4 is 0 Å². The van der Waals surface area contributed by atoms with Crippen molar-refractivity contribution in [1.82, 2.24) is 0 Å². The molecule has 1 aromatic heterocycles. The van der Waals surface area contributed by atoms with E-state index >= 15 is 0 Å². The van der Waals surface area contributed by atoms with E-state index in [0.717, 1.165) is 12.1 Å². The third-order valence-electron chi connectivity index (χ3n) is 2.94. The second-order valence-electron chi connectivity index (χ2n) is 4.35. The molecular weight excluding hydrogens is 257 g/mol. The van der Waals surface area contributed by atoms with Gasteiger partial charge in [0.25, 0.3) is 0 Å². The molecule has 1 atom stereocenters. The number of rotatable bonds is 3. The second-order valence-corrected chi connectivity index (χ2v) is 4.35. The van der Waals surface area contributed by atoms with E-state index < -0.39 is 17.8 Å². The molecule has 0 radical (unpaired) electrons. The Morgan fingerprint density at radius 1 is 1.26 bits per heavy atom. The maximum atomic E-state index is 12.6. The van der Waals surface area contributed by atoms with E-state index in [2.05, 4.69) is 0 Å². The van der Waals surface area contributed by atoms with E-state index in [9.17, 15) is 18.3 Å². The summed E-state index contributed by atoms with van der Waals surface area (Å²) >= 11 is 0. The van der Waals surface area contributed by atoms with Crippen molar-refractivity contribution in [2.24, 2.45) is 0 Å². The van der Waals surface area contributed by atoms with E-state index in [1.165, 1.54) is 12.3 Å². The normalized spacial score (nSPS) is 13.5. The fraction of sp³-hybridized carbons (Fsp3) is 0.286. The van der Waals surface area contributed by atoms with Crippen molar-refractivity contribution in [2.75, 3.05) is 0 Å². The summed E-state index contributed by atoms with van der Waals surface area (Å²) in [4.78, 5) is 0. The van der Waals surface area contributed by atoms with Gasteiger partial charge in [-0.3, -0.25) is 0 Å². The quantitative estimate of drug-likeness (QED) is 0.918. The Labute approximate surface area is 108 Å². The number of alkyl halides is 3. The van der Waals surface area contributed by atoms with Crippen molar-refractivity contribution in [3.8, 4) is 0 Å². The lowest BCUT2D eigenvalue weighted by molar-refractivity contribution is -0.137. The number of aliphatic hydroxyl groups excluding tert-OH is 1. The zero-order valence-corrected chi connectivity index (χ0v) is 10.2. The van der Waals surface area contributed by atoms with E-state index in [1.807, 2.05) is 0 Å². The molecule has 2 aromatic rings. The van der Waals surface area contributed by atoms with Crippen LogP contribution in [0.3, 0.4) is 0 Å². The molecule has 1 unspecified atom stereocenters. The van der Waals surface area contributed by atoms with Crippen molar-refractivity contribution < 1.29 is 22.7 Å². The van der Waals surface area contributed by atoms with Gasteiger partial charge in [0.2, 0.25) is 0 Å². The van der Waals surface area contributed by atoms with Gasteiger partial charge in [-0.05, 0) is 24.6 Å². The SMILES string of the molecule is Cc1occc1C(O)Cc1cccc(C(F)(F)F)c1. The average Bonchev–Trinajstić information content (AvgIpc) is 2.75. The van der Waals surface area contributed by atoms with Crippen LogP contribution in [0, 0.1) is 6.92 Å². The van der Waals surface area contributed by atoms with Crippen molar-refractivity contribution in [3.63, 3.8) is 0 Å². The third-order valence-corrected chi connectivity index (χ3v) is 2.94. The van der Waals surface area contributed by atoms with E-state index in [0.29, 0.717) is 16.9 Å². The molecule has 0 aliphatic rings. The molecule has 1 heterocycles. The zero-order chi connectivity index (χ0) is 14.0. The molecule has 2 rings (SSSR count). The van der Waals surface area contributed by atoms with Gasteiger partial charge in [0.1, 0.15) is 5.76 Å². The summed E-state index contributed by atoms with van der Waals surface area (Å²) in [6, 6.07) is 6.59. The van der Waals surface area contributed by atoms with Crippen LogP contribution in [0.2, 0.25) is 0 Å². The molecule has 0 aliphatic heterocycles. The number of benzene rings is 1. The molecule has 0 fully saturated rings. The summed E-state index contributed by atoms with van der Waals surface area (Å²) in [5.41, 5.74) is 0.321. The first-order valence-corrected chi connectivity index (χ1v) is 5.76. The Balaban J connectivity index is 2.18. The zero-order valence-electron chi connectivity index (χ0n) is 10.2. The lowest BCUT2D eigenvalue weighted by Gasteiger charge is -2.12. The number of hydrogen-bond acceptors (Lipinski definition) is 2. The van der Waals surface area contributed by atoms with Crippen LogP contribution < -0.4 is 0 Å². The first-order valence-electron chi connectivity index (χ1n) is 5.76. The molecule has 19 heavy (non-hydrogen) atoms. The highest BCUT2D eigenvalue weighted by Gasteiger charge is 2.30. The molecule has 102 valence electrons. The van der Waals surface area contributed by atoms with Gasteiger partial charge in [0.15, 0.2) is 0 Å². The molecule has 0 saturated carbocycles. The topological polar surface area (TPSA) is 33.4 Å². The highest BCUT2D eigenvalue weighted by atomic mass is 19.4. The monoisotopic (exact) mass is 270 g/mol. The molecule has 1 aromatic carbocycles. The summed E-state index contributed by atoms with van der Waals surface area (Å²) in [7, 11) is 0. The fourth-order valence-electron chi connectivity index (χ4n) is 1.95. The Hall–Kier alpha value is -1.75. The summed E-state index contributed by atoms with van der Waals surface area (Å²) < 4.78 is 42.8. The molecule has 0 spiro atoms. The molecular formula is C14H13F3O2. The first kappa shape index (κ1) is 13.7. The molecule has 0 bridgehead atoms. The summed E-state index contributed by atoms with van der Waals surface area (Å²) in [5, 5.41) is 10.00. The molecule has 0 aliphatic carbocycles. The molecule has 5 heteroatoms. The average molecular weight is 270 g/mol. The lowest BCUT2D eigenvalue weighted by Crippen LogP contribution is -2.07. The van der Waals surface area contributed by atoms with E-state index in [1.54, 1.807) is 19.1 Å². The van der Waals surface area contributed by atoms with Gasteiger partial charge in [-0.1, -0.05) is 18.2 Å². The largest absolute Gasteiger partial charge is 0.469 e. The number of furan rings is 1. The lowest BCUT2D eigenvalue weighted by atomic mass is 10.0. The van der Waals surface area contributed by atoms with Crippen LogP contribution in [0.1, 0.15) is 28.6 Å². The summed E-state index contributed by atoms with van der Waals surface area (Å²) in [6.45, 7) is 1.70. The van der Waals surface area contributed by atoms with Gasteiger partial charge in [0, 0.05) is 12.0 Å². The minimum absolute atomic E-state index is 0.115. The van der Waals surface area contributed by atoms with Crippen LogP contribution in [-0.4, -0.2) is 5.11 Å². The van der Waals surface area contributed by atoms with Crippen LogP contribution >= 0.6 is 0 Å². The highest BCUT2D eigenvalue weighted by Crippen LogP contribution is 2.30. The van der Waals surface area contributed by atoms with Gasteiger partial charge in [-0.25, -0.2) is 0 Å². The Kier molecular flexibility index (Phi) is 3.66. The standard InChI is InChI=1S/C14H13F3O2/c1-9-12(5-6-19-9)13(18)8-10-3-2-4-11(7-10)14(15,16)17/h2-7,13,18H,8H2,1H3. The van der Waals surface area contributed by atoms with Gasteiger partial charge < -0.3 is 9.52 Å². The van der Waals surface area contributed by atoms with E-state index in [4.69, 9.17) is 4.42 Å². The Bertz CT molecular complexity index is 558. The number of aliphatic hydroxyl groups is 1. The minimum atomic E-state index is -4.37. The van der Waals surface area contributed by atoms with Crippen molar-refractivity contribution in [1.29, 1.82) is 0 Å². The van der Waals surface area contributed by atoms with Crippen LogP contribution in [0.4, 0.5) is 13.2 Å². The van der Waals surface area contributed by atoms with Gasteiger partial charge in [0.05, 0.1) is 17.9 Å². The van der Waals surface area contributed by atoms with Crippen molar-refractivity contribution in [2.45, 2.75) is 25.6 Å². The van der Waals surface area contributed by atoms with Crippen LogP contribution in [0.25, 0.3) is 0 Å². The predicted molar refractivity (Wildman–Crippen MR) is 63.6 cm³/mol. The van der Waals surface area contributed by atoms with E-state index in [-0.39, 0.29) is 6.42 Å². The Morgan fingerprint density at radius 3 is 2.58 bits per heavy atom. The molecule has 0 saturated heterocycles. The van der Waals surface area contributed by atoms with Crippen molar-refractivity contribution in [3.05, 3.63) is 59.0 Å². The van der Waals surface area contributed by atoms with Crippen LogP contribution in [-0.2, 0) is 12.6 Å². The smallest absolute Gasteiger partial charge is 0.416 e. The maximum absolute atomic E-state index is 12.6. The fourth-order valence-corrected chi connectivity index (χ4v) is 1.95. The first-order chi connectivity index (χ1) is 8.88. The van der Waals surface area contributed by atoms with Gasteiger partial charge in [-0.2, -0.15) is 13.2 Å². The minimum Gasteiger partial charge on any atom is -0.469 e. The summed E-state index contributed by atoms with van der Waals surface area (Å²) in [6.07, 6.45) is -3.68. The number of halogens is 3. The maximum Gasteiger partial charge on any atom is 0.416 e. The predicted octanol–water partition coefficient (Wildman–Crippen LogP) is 3.88. The molecule has 2 nitrogen and oxygen atoms in total.